The molecule has 0 aromatic carbocycles. The Morgan fingerprint density at radius 2 is 2.04 bits per heavy atom. The molecule has 4 nitrogen and oxygen atoms in total. The van der Waals surface area contributed by atoms with E-state index in [0.29, 0.717) is 22.9 Å². The lowest BCUT2D eigenvalue weighted by Gasteiger charge is -2.59. The first-order valence-corrected chi connectivity index (χ1v) is 10.6. The highest BCUT2D eigenvalue weighted by Crippen LogP contribution is 2.61. The van der Waals surface area contributed by atoms with Crippen LogP contribution in [-0.4, -0.2) is 23.9 Å². The Morgan fingerprint density at radius 3 is 2.74 bits per heavy atom. The molecule has 3 aliphatic carbocycles. The summed E-state index contributed by atoms with van der Waals surface area (Å²) in [6.07, 6.45) is 10.4. The van der Waals surface area contributed by atoms with E-state index in [9.17, 15) is 9.59 Å². The molecule has 0 saturated heterocycles. The lowest BCUT2D eigenvalue weighted by molar-refractivity contribution is -0.148. The molecule has 27 heavy (non-hydrogen) atoms. The number of allylic oxidation sites excluding steroid dienone is 2. The van der Waals surface area contributed by atoms with Gasteiger partial charge in [0.2, 0.25) is 0 Å². The van der Waals surface area contributed by atoms with E-state index in [2.05, 4.69) is 25.2 Å². The number of halogens is 1. The van der Waals surface area contributed by atoms with Crippen LogP contribution in [0.5, 0.6) is 0 Å². The zero-order valence-electron chi connectivity index (χ0n) is 16.5. The Labute approximate surface area is 166 Å². The number of carbonyl (C=O) groups is 2. The van der Waals surface area contributed by atoms with E-state index in [0.717, 1.165) is 50.4 Å². The van der Waals surface area contributed by atoms with Crippen molar-refractivity contribution < 1.29 is 14.3 Å². The molecule has 2 fully saturated rings. The number of hydrogen-bond donors (Lipinski definition) is 1. The Kier molecular flexibility index (Phi) is 4.69. The highest BCUT2D eigenvalue weighted by molar-refractivity contribution is 6.30. The van der Waals surface area contributed by atoms with Crippen LogP contribution in [0.25, 0.3) is 0 Å². The van der Waals surface area contributed by atoms with Crippen LogP contribution in [0.15, 0.2) is 22.4 Å². The van der Waals surface area contributed by atoms with Gasteiger partial charge in [0.05, 0.1) is 0 Å². The van der Waals surface area contributed by atoms with Gasteiger partial charge in [-0.3, -0.25) is 9.59 Å². The molecular formula is C22H30ClNO3. The molecule has 2 saturated carbocycles. The molecule has 4 aliphatic rings. The van der Waals surface area contributed by atoms with Crippen LogP contribution in [0.4, 0.5) is 0 Å². The lowest BCUT2D eigenvalue weighted by atomic mass is 9.48. The molecule has 0 bridgehead atoms. The Balaban J connectivity index is 1.61. The second-order valence-electron chi connectivity index (χ2n) is 9.48. The molecule has 5 heteroatoms. The van der Waals surface area contributed by atoms with Crippen molar-refractivity contribution in [2.45, 2.75) is 77.4 Å². The molecule has 0 radical (unpaired) electrons. The number of carbonyl (C=O) groups excluding carboxylic acids is 2. The van der Waals surface area contributed by atoms with Crippen molar-refractivity contribution in [2.75, 3.05) is 0 Å². The van der Waals surface area contributed by atoms with Gasteiger partial charge < -0.3 is 10.1 Å². The maximum Gasteiger partial charge on any atom is 0.302 e. The third kappa shape index (κ3) is 3.04. The summed E-state index contributed by atoms with van der Waals surface area (Å²) in [6.45, 7) is 6.19. The van der Waals surface area contributed by atoms with E-state index in [1.807, 2.05) is 0 Å². The van der Waals surface area contributed by atoms with E-state index < -0.39 is 0 Å². The summed E-state index contributed by atoms with van der Waals surface area (Å²) in [7, 11) is 0. The molecule has 0 amide bonds. The minimum atomic E-state index is -0.176. The van der Waals surface area contributed by atoms with Gasteiger partial charge >= 0.3 is 5.97 Å². The van der Waals surface area contributed by atoms with Crippen LogP contribution in [0.3, 0.4) is 0 Å². The minimum absolute atomic E-state index is 0.0264. The number of ether oxygens (including phenoxy) is 1. The zero-order chi connectivity index (χ0) is 19.4. The summed E-state index contributed by atoms with van der Waals surface area (Å²) in [5.41, 5.74) is 2.37. The molecule has 148 valence electrons. The SMILES string of the molecule is CC(=O)OC1CCC2(C)C(=CCC3C4CC(C=O)=C(Cl)NC4(C)CCC32)C1. The number of nitrogens with one attached hydrogen (secondary N) is 1. The van der Waals surface area contributed by atoms with Gasteiger partial charge in [0.25, 0.3) is 0 Å². The van der Waals surface area contributed by atoms with Crippen molar-refractivity contribution in [1.82, 2.24) is 5.32 Å². The van der Waals surface area contributed by atoms with Crippen molar-refractivity contribution in [1.29, 1.82) is 0 Å². The molecule has 0 aromatic heterocycles. The number of rotatable bonds is 2. The van der Waals surface area contributed by atoms with Crippen LogP contribution in [0.2, 0.25) is 0 Å². The molecule has 0 aromatic rings. The standard InChI is InChI=1S/C22H30ClNO3/c1-13(26)27-16-6-8-21(2)15(11-16)4-5-17-18(21)7-9-22(3)19(17)10-14(12-25)20(23)24-22/h4,12,16-19,24H,5-11H2,1-3H3. The fourth-order valence-electron chi connectivity index (χ4n) is 6.57. The average Bonchev–Trinajstić information content (AvgIpc) is 2.60. The third-order valence-corrected chi connectivity index (χ3v) is 8.38. The van der Waals surface area contributed by atoms with Gasteiger partial charge in [-0.2, -0.15) is 0 Å². The Hall–Kier alpha value is -1.29. The van der Waals surface area contributed by atoms with E-state index in [4.69, 9.17) is 16.3 Å². The summed E-state index contributed by atoms with van der Waals surface area (Å²) in [5.74, 6) is 1.44. The van der Waals surface area contributed by atoms with Crippen molar-refractivity contribution >= 4 is 23.9 Å². The van der Waals surface area contributed by atoms with Gasteiger partial charge in [-0.25, -0.2) is 0 Å². The summed E-state index contributed by atoms with van der Waals surface area (Å²) in [5, 5.41) is 4.02. The zero-order valence-corrected chi connectivity index (χ0v) is 17.3. The van der Waals surface area contributed by atoms with Gasteiger partial charge in [0, 0.05) is 24.5 Å². The topological polar surface area (TPSA) is 55.4 Å². The molecular weight excluding hydrogens is 362 g/mol. The highest BCUT2D eigenvalue weighted by Gasteiger charge is 2.56. The third-order valence-electron chi connectivity index (χ3n) is 8.04. The number of fused-ring (bicyclic) bond motifs is 5. The molecule has 1 N–H and O–H groups in total. The quantitative estimate of drug-likeness (QED) is 0.326. The van der Waals surface area contributed by atoms with Crippen LogP contribution >= 0.6 is 11.6 Å². The summed E-state index contributed by atoms with van der Waals surface area (Å²) in [6, 6.07) is 0. The van der Waals surface area contributed by atoms with Gasteiger partial charge in [0.15, 0.2) is 0 Å². The van der Waals surface area contributed by atoms with Gasteiger partial charge in [0.1, 0.15) is 17.5 Å². The van der Waals surface area contributed by atoms with Crippen LogP contribution in [0.1, 0.15) is 65.7 Å². The van der Waals surface area contributed by atoms with Gasteiger partial charge in [-0.1, -0.05) is 30.2 Å². The van der Waals surface area contributed by atoms with Crippen LogP contribution in [-0.2, 0) is 14.3 Å². The second-order valence-corrected chi connectivity index (χ2v) is 9.85. The van der Waals surface area contributed by atoms with Crippen molar-refractivity contribution in [3.05, 3.63) is 22.4 Å². The molecule has 4 rings (SSSR count). The number of hydrogen-bond acceptors (Lipinski definition) is 4. The van der Waals surface area contributed by atoms with E-state index in [1.165, 1.54) is 18.9 Å². The van der Waals surface area contributed by atoms with Crippen molar-refractivity contribution in [2.24, 2.45) is 23.2 Å². The number of aldehydes is 1. The molecule has 6 atom stereocenters. The largest absolute Gasteiger partial charge is 0.462 e. The van der Waals surface area contributed by atoms with Gasteiger partial charge in [-0.15, -0.1) is 0 Å². The fraction of sp³-hybridized carbons (Fsp3) is 0.727. The lowest BCUT2D eigenvalue weighted by Crippen LogP contribution is -2.60. The summed E-state index contributed by atoms with van der Waals surface area (Å²) < 4.78 is 5.51. The smallest absolute Gasteiger partial charge is 0.302 e. The first-order valence-electron chi connectivity index (χ1n) is 10.3. The van der Waals surface area contributed by atoms with E-state index in [-0.39, 0.29) is 23.0 Å². The van der Waals surface area contributed by atoms with Crippen LogP contribution in [0, 0.1) is 23.2 Å². The summed E-state index contributed by atoms with van der Waals surface area (Å²) >= 11 is 6.35. The highest BCUT2D eigenvalue weighted by atomic mass is 35.5. The molecule has 6 unspecified atom stereocenters. The van der Waals surface area contributed by atoms with E-state index in [1.54, 1.807) is 0 Å². The predicted molar refractivity (Wildman–Crippen MR) is 105 cm³/mol. The predicted octanol–water partition coefficient (Wildman–Crippen LogP) is 4.48. The second kappa shape index (κ2) is 6.65. The maximum absolute atomic E-state index is 11.5. The number of esters is 1. The first kappa shape index (κ1) is 19.0. The van der Waals surface area contributed by atoms with Crippen LogP contribution < -0.4 is 5.32 Å². The van der Waals surface area contributed by atoms with Crippen molar-refractivity contribution in [3.63, 3.8) is 0 Å². The van der Waals surface area contributed by atoms with Crippen molar-refractivity contribution in [3.8, 4) is 0 Å². The fourth-order valence-corrected chi connectivity index (χ4v) is 6.91. The molecule has 1 aliphatic heterocycles. The maximum atomic E-state index is 11.5. The Morgan fingerprint density at radius 1 is 1.26 bits per heavy atom. The van der Waals surface area contributed by atoms with Gasteiger partial charge in [-0.05, 0) is 68.6 Å². The molecule has 1 heterocycles. The normalized spacial score (nSPS) is 43.5. The minimum Gasteiger partial charge on any atom is -0.462 e. The Bertz CT molecular complexity index is 729. The molecule has 0 spiro atoms. The summed E-state index contributed by atoms with van der Waals surface area (Å²) in [4.78, 5) is 22.9. The van der Waals surface area contributed by atoms with E-state index >= 15 is 0 Å². The average molecular weight is 392 g/mol. The first-order chi connectivity index (χ1) is 12.8. The monoisotopic (exact) mass is 391 g/mol.